The molecule has 1 fully saturated rings. The van der Waals surface area contributed by atoms with Gasteiger partial charge in [0, 0.05) is 35.9 Å². The maximum atomic E-state index is 13.9. The number of ether oxygens (including phenoxy) is 1. The van der Waals surface area contributed by atoms with Crippen LogP contribution in [0.4, 0.5) is 17.5 Å². The fourth-order valence-corrected chi connectivity index (χ4v) is 4.10. The molecule has 0 amide bonds. The topological polar surface area (TPSA) is 125 Å². The van der Waals surface area contributed by atoms with Crippen LogP contribution in [-0.2, 0) is 0 Å². The van der Waals surface area contributed by atoms with Gasteiger partial charge in [0.05, 0.1) is 25.1 Å². The Balaban J connectivity index is 1.64. The van der Waals surface area contributed by atoms with Gasteiger partial charge in [0.25, 0.3) is 5.56 Å². The van der Waals surface area contributed by atoms with Crippen LogP contribution in [0.25, 0.3) is 26.7 Å². The first-order valence-electron chi connectivity index (χ1n) is 10.8. The lowest BCUT2D eigenvalue weighted by molar-refractivity contribution is 0.380. The highest BCUT2D eigenvalue weighted by molar-refractivity contribution is 5.96. The zero-order valence-electron chi connectivity index (χ0n) is 18.7. The fourth-order valence-electron chi connectivity index (χ4n) is 4.10. The predicted octanol–water partition coefficient (Wildman–Crippen LogP) is 3.90. The van der Waals surface area contributed by atoms with E-state index in [-0.39, 0.29) is 35.3 Å². The Morgan fingerprint density at radius 3 is 2.68 bits per heavy atom. The highest BCUT2D eigenvalue weighted by Gasteiger charge is 2.30. The summed E-state index contributed by atoms with van der Waals surface area (Å²) in [4.78, 5) is 33.8. The summed E-state index contributed by atoms with van der Waals surface area (Å²) in [5.74, 6) is 0.417. The van der Waals surface area contributed by atoms with Gasteiger partial charge >= 0.3 is 6.01 Å². The molecule has 0 unspecified atom stereocenters. The van der Waals surface area contributed by atoms with Crippen molar-refractivity contribution in [2.24, 2.45) is 0 Å². The highest BCUT2D eigenvalue weighted by atomic mass is 16.5. The van der Waals surface area contributed by atoms with Crippen molar-refractivity contribution in [3.8, 4) is 17.1 Å². The van der Waals surface area contributed by atoms with E-state index >= 15 is 0 Å². The quantitative estimate of drug-likeness (QED) is 0.420. The number of anilines is 2. The van der Waals surface area contributed by atoms with Crippen LogP contribution in [0.2, 0.25) is 0 Å². The Hall–Kier alpha value is -4.52. The van der Waals surface area contributed by atoms with Crippen LogP contribution in [0.15, 0.2) is 47.7 Å². The molecule has 10 nitrogen and oxygen atoms in total. The Morgan fingerprint density at radius 2 is 2.00 bits per heavy atom. The first-order valence-corrected chi connectivity index (χ1v) is 10.8. The number of hydrogen-bond acceptors (Lipinski definition) is 8. The van der Waals surface area contributed by atoms with E-state index in [1.54, 1.807) is 12.4 Å². The molecule has 0 bridgehead atoms. The average Bonchev–Trinajstić information content (AvgIpc) is 3.69. The van der Waals surface area contributed by atoms with Crippen molar-refractivity contribution in [1.82, 2.24) is 24.5 Å². The summed E-state index contributed by atoms with van der Waals surface area (Å²) in [6, 6.07) is 7.85. The molecule has 3 heterocycles. The van der Waals surface area contributed by atoms with Crippen LogP contribution in [0, 0.1) is 6.57 Å². The molecule has 1 aliphatic carbocycles. The van der Waals surface area contributed by atoms with E-state index in [4.69, 9.17) is 17.0 Å². The van der Waals surface area contributed by atoms with E-state index < -0.39 is 0 Å². The zero-order chi connectivity index (χ0) is 23.8. The smallest absolute Gasteiger partial charge is 0.316 e. The molecule has 5 rings (SSSR count). The van der Waals surface area contributed by atoms with Crippen LogP contribution < -0.4 is 21.3 Å². The van der Waals surface area contributed by atoms with Gasteiger partial charge in [0.15, 0.2) is 0 Å². The zero-order valence-corrected chi connectivity index (χ0v) is 18.7. The van der Waals surface area contributed by atoms with Crippen molar-refractivity contribution in [2.45, 2.75) is 31.8 Å². The second-order valence-corrected chi connectivity index (χ2v) is 8.14. The van der Waals surface area contributed by atoms with Crippen LogP contribution in [0.3, 0.4) is 0 Å². The fraction of sp³-hybridized carbons (Fsp3) is 0.250. The predicted molar refractivity (Wildman–Crippen MR) is 129 cm³/mol. The molecule has 0 radical (unpaired) electrons. The van der Waals surface area contributed by atoms with Gasteiger partial charge in [-0.2, -0.15) is 0 Å². The number of nitrogens with zero attached hydrogens (tertiary/aromatic N) is 6. The molecule has 0 saturated heterocycles. The van der Waals surface area contributed by atoms with E-state index in [1.165, 1.54) is 13.3 Å². The van der Waals surface area contributed by atoms with Crippen LogP contribution in [0.5, 0.6) is 6.01 Å². The SMILES string of the molecule is [C-]#[N+]c1cnc(N)nc1N[C@@H](C)c1cc2cccc(-c3cnc(OC)nc3)c2c(=O)n1C1CC1. The normalized spacial score (nSPS) is 13.9. The van der Waals surface area contributed by atoms with Crippen molar-refractivity contribution in [1.29, 1.82) is 0 Å². The molecule has 0 aliphatic heterocycles. The van der Waals surface area contributed by atoms with E-state index in [0.29, 0.717) is 11.2 Å². The van der Waals surface area contributed by atoms with Gasteiger partial charge in [-0.3, -0.25) is 4.79 Å². The summed E-state index contributed by atoms with van der Waals surface area (Å²) in [6.07, 6.45) is 6.58. The Kier molecular flexibility index (Phi) is 5.30. The molecule has 170 valence electrons. The summed E-state index contributed by atoms with van der Waals surface area (Å²) in [7, 11) is 1.51. The number of pyridine rings is 1. The van der Waals surface area contributed by atoms with Gasteiger partial charge in [-0.1, -0.05) is 18.2 Å². The third-order valence-electron chi connectivity index (χ3n) is 5.85. The minimum absolute atomic E-state index is 0.0670. The summed E-state index contributed by atoms with van der Waals surface area (Å²) in [5, 5.41) is 4.68. The number of methoxy groups -OCH3 is 1. The molecule has 0 spiro atoms. The molecule has 1 saturated carbocycles. The molecule has 1 aromatic carbocycles. The molecule has 34 heavy (non-hydrogen) atoms. The van der Waals surface area contributed by atoms with Crippen molar-refractivity contribution >= 4 is 28.2 Å². The van der Waals surface area contributed by atoms with Crippen molar-refractivity contribution in [3.05, 3.63) is 70.3 Å². The minimum atomic E-state index is -0.305. The number of aromatic nitrogens is 5. The number of rotatable bonds is 6. The number of benzene rings is 1. The average molecular weight is 454 g/mol. The summed E-state index contributed by atoms with van der Waals surface area (Å²) >= 11 is 0. The largest absolute Gasteiger partial charge is 0.467 e. The van der Waals surface area contributed by atoms with Crippen LogP contribution >= 0.6 is 0 Å². The molecule has 10 heteroatoms. The van der Waals surface area contributed by atoms with E-state index in [9.17, 15) is 4.79 Å². The van der Waals surface area contributed by atoms with E-state index in [0.717, 1.165) is 35.0 Å². The molecule has 3 aromatic heterocycles. The number of hydrogen-bond donors (Lipinski definition) is 2. The lowest BCUT2D eigenvalue weighted by Gasteiger charge is -2.22. The number of nitrogen functional groups attached to an aromatic ring is 1. The summed E-state index contributed by atoms with van der Waals surface area (Å²) in [6.45, 7) is 9.33. The molecular formula is C24H22N8O2. The molecule has 1 atom stereocenters. The minimum Gasteiger partial charge on any atom is -0.467 e. The van der Waals surface area contributed by atoms with Crippen molar-refractivity contribution < 1.29 is 4.74 Å². The van der Waals surface area contributed by atoms with E-state index in [1.807, 2.05) is 35.8 Å². The summed E-state index contributed by atoms with van der Waals surface area (Å²) in [5.41, 5.74) is 8.26. The Labute approximate surface area is 195 Å². The first kappa shape index (κ1) is 21.3. The number of nitrogens with two attached hydrogens (primary N) is 1. The number of nitrogens with one attached hydrogen (secondary N) is 1. The molecule has 1 aliphatic rings. The van der Waals surface area contributed by atoms with Gasteiger partial charge in [0.1, 0.15) is 5.82 Å². The van der Waals surface area contributed by atoms with Gasteiger partial charge in [-0.25, -0.2) is 24.8 Å². The molecule has 3 N–H and O–H groups in total. The third kappa shape index (κ3) is 3.77. The van der Waals surface area contributed by atoms with E-state index in [2.05, 4.69) is 30.1 Å². The molecule has 4 aromatic rings. The Bertz CT molecular complexity index is 1490. The van der Waals surface area contributed by atoms with Gasteiger partial charge in [0.2, 0.25) is 11.6 Å². The summed E-state index contributed by atoms with van der Waals surface area (Å²) < 4.78 is 6.92. The lowest BCUT2D eigenvalue weighted by Crippen LogP contribution is -2.26. The van der Waals surface area contributed by atoms with Gasteiger partial charge in [-0.05, 0) is 36.8 Å². The second-order valence-electron chi connectivity index (χ2n) is 8.14. The molecular weight excluding hydrogens is 432 g/mol. The standard InChI is InChI=1S/C24H22N8O2/c1-13(30-21-18(26-2)12-27-23(25)31-21)19-9-14-5-4-6-17(15-10-28-24(34-3)29-11-15)20(14)22(33)32(19)16-7-8-16/h4-6,9-13,16H,7-8H2,1,3H3,(H3,25,27,30,31)/t13-/m0/s1. The van der Waals surface area contributed by atoms with Gasteiger partial charge < -0.3 is 20.4 Å². The lowest BCUT2D eigenvalue weighted by atomic mass is 9.99. The van der Waals surface area contributed by atoms with Gasteiger partial charge in [-0.15, -0.1) is 0 Å². The van der Waals surface area contributed by atoms with Crippen molar-refractivity contribution in [2.75, 3.05) is 18.2 Å². The third-order valence-corrected chi connectivity index (χ3v) is 5.85. The maximum absolute atomic E-state index is 13.9. The van der Waals surface area contributed by atoms with Crippen LogP contribution in [0.1, 0.15) is 37.5 Å². The second kappa shape index (κ2) is 8.44. The Morgan fingerprint density at radius 1 is 1.24 bits per heavy atom. The first-order chi connectivity index (χ1) is 16.5. The van der Waals surface area contributed by atoms with Crippen molar-refractivity contribution in [3.63, 3.8) is 0 Å². The number of fused-ring (bicyclic) bond motifs is 1. The monoisotopic (exact) mass is 454 g/mol. The highest BCUT2D eigenvalue weighted by Crippen LogP contribution is 2.38. The maximum Gasteiger partial charge on any atom is 0.316 e. The van der Waals surface area contributed by atoms with Crippen LogP contribution in [-0.4, -0.2) is 31.6 Å².